The number of hydrogen-bond acceptors (Lipinski definition) is 5. The highest BCUT2D eigenvalue weighted by atomic mass is 16.5. The Labute approximate surface area is 157 Å². The van der Waals surface area contributed by atoms with Crippen LogP contribution in [0.4, 0.5) is 0 Å². The predicted octanol–water partition coefficient (Wildman–Crippen LogP) is 3.54. The lowest BCUT2D eigenvalue weighted by Crippen LogP contribution is -1.96. The standard InChI is InChI=1S/C21H20N4O2/c1-26-18-8-6-16(11-19(18)27-2)21-24-23-20-9-7-17(13-25(20)21)15-5-3-4-14(10-15)12-22/h3-11,13H,12,22H2,1-2H3. The molecule has 6 heteroatoms. The molecule has 2 heterocycles. The van der Waals surface area contributed by atoms with Crippen LogP contribution in [0.15, 0.2) is 60.8 Å². The van der Waals surface area contributed by atoms with Crippen molar-refractivity contribution in [1.82, 2.24) is 14.6 Å². The highest BCUT2D eigenvalue weighted by Crippen LogP contribution is 2.32. The first kappa shape index (κ1) is 17.1. The molecule has 0 atom stereocenters. The van der Waals surface area contributed by atoms with E-state index in [0.717, 1.165) is 33.7 Å². The Balaban J connectivity index is 1.83. The number of pyridine rings is 1. The molecule has 0 bridgehead atoms. The van der Waals surface area contributed by atoms with Crippen LogP contribution in [0.2, 0.25) is 0 Å². The predicted molar refractivity (Wildman–Crippen MR) is 105 cm³/mol. The minimum Gasteiger partial charge on any atom is -0.493 e. The third kappa shape index (κ3) is 3.11. The lowest BCUT2D eigenvalue weighted by Gasteiger charge is -2.09. The smallest absolute Gasteiger partial charge is 0.168 e. The molecule has 0 unspecified atom stereocenters. The van der Waals surface area contributed by atoms with Crippen LogP contribution in [0.25, 0.3) is 28.2 Å². The van der Waals surface area contributed by atoms with Gasteiger partial charge in [-0.3, -0.25) is 4.40 Å². The van der Waals surface area contributed by atoms with Crippen LogP contribution in [0.3, 0.4) is 0 Å². The second-order valence-electron chi connectivity index (χ2n) is 6.14. The zero-order chi connectivity index (χ0) is 18.8. The Bertz CT molecular complexity index is 1100. The summed E-state index contributed by atoms with van der Waals surface area (Å²) in [5.74, 6) is 2.07. The summed E-state index contributed by atoms with van der Waals surface area (Å²) in [5.41, 5.74) is 10.7. The summed E-state index contributed by atoms with van der Waals surface area (Å²) in [4.78, 5) is 0. The molecule has 0 aliphatic carbocycles. The molecule has 4 rings (SSSR count). The van der Waals surface area contributed by atoms with Crippen LogP contribution in [-0.2, 0) is 6.54 Å². The van der Waals surface area contributed by atoms with E-state index in [1.54, 1.807) is 14.2 Å². The zero-order valence-electron chi connectivity index (χ0n) is 15.2. The van der Waals surface area contributed by atoms with E-state index < -0.39 is 0 Å². The fourth-order valence-electron chi connectivity index (χ4n) is 3.11. The van der Waals surface area contributed by atoms with Gasteiger partial charge in [0, 0.05) is 18.3 Å². The molecule has 0 spiro atoms. The fraction of sp³-hybridized carbons (Fsp3) is 0.143. The normalized spacial score (nSPS) is 10.9. The first-order valence-corrected chi connectivity index (χ1v) is 8.60. The molecule has 27 heavy (non-hydrogen) atoms. The second-order valence-corrected chi connectivity index (χ2v) is 6.14. The summed E-state index contributed by atoms with van der Waals surface area (Å²) in [6, 6.07) is 17.9. The van der Waals surface area contributed by atoms with Gasteiger partial charge in [-0.1, -0.05) is 18.2 Å². The van der Waals surface area contributed by atoms with Crippen molar-refractivity contribution in [2.75, 3.05) is 14.2 Å². The maximum absolute atomic E-state index is 5.77. The summed E-state index contributed by atoms with van der Waals surface area (Å²) in [5, 5.41) is 8.64. The van der Waals surface area contributed by atoms with E-state index in [-0.39, 0.29) is 0 Å². The van der Waals surface area contributed by atoms with Gasteiger partial charge in [0.25, 0.3) is 0 Å². The first-order valence-electron chi connectivity index (χ1n) is 8.60. The lowest BCUT2D eigenvalue weighted by molar-refractivity contribution is 0.355. The van der Waals surface area contributed by atoms with Crippen molar-refractivity contribution in [3.05, 3.63) is 66.4 Å². The van der Waals surface area contributed by atoms with Crippen LogP contribution in [0, 0.1) is 0 Å². The zero-order valence-corrected chi connectivity index (χ0v) is 15.2. The number of nitrogens with zero attached hydrogens (tertiary/aromatic N) is 3. The molecular formula is C21H20N4O2. The minimum absolute atomic E-state index is 0.514. The molecule has 0 aliphatic heterocycles. The first-order chi connectivity index (χ1) is 13.2. The van der Waals surface area contributed by atoms with Crippen molar-refractivity contribution < 1.29 is 9.47 Å². The molecule has 136 valence electrons. The molecule has 2 aromatic heterocycles. The van der Waals surface area contributed by atoms with Crippen LogP contribution in [0.5, 0.6) is 11.5 Å². The van der Waals surface area contributed by atoms with E-state index in [9.17, 15) is 0 Å². The van der Waals surface area contributed by atoms with Gasteiger partial charge in [0.1, 0.15) is 0 Å². The number of benzene rings is 2. The molecule has 0 amide bonds. The van der Waals surface area contributed by atoms with Crippen LogP contribution < -0.4 is 15.2 Å². The highest BCUT2D eigenvalue weighted by molar-refractivity contribution is 5.69. The van der Waals surface area contributed by atoms with Crippen molar-refractivity contribution >= 4 is 5.65 Å². The number of aromatic nitrogens is 3. The van der Waals surface area contributed by atoms with Crippen LogP contribution >= 0.6 is 0 Å². The quantitative estimate of drug-likeness (QED) is 0.589. The molecule has 6 nitrogen and oxygen atoms in total. The van der Waals surface area contributed by atoms with Crippen molar-refractivity contribution in [1.29, 1.82) is 0 Å². The summed E-state index contributed by atoms with van der Waals surface area (Å²) in [6.07, 6.45) is 2.04. The molecule has 2 N–H and O–H groups in total. The Hall–Kier alpha value is -3.38. The molecule has 0 aliphatic rings. The monoisotopic (exact) mass is 360 g/mol. The highest BCUT2D eigenvalue weighted by Gasteiger charge is 2.12. The van der Waals surface area contributed by atoms with Crippen molar-refractivity contribution in [3.8, 4) is 34.0 Å². The van der Waals surface area contributed by atoms with Crippen LogP contribution in [-0.4, -0.2) is 28.8 Å². The van der Waals surface area contributed by atoms with Crippen molar-refractivity contribution in [3.63, 3.8) is 0 Å². The van der Waals surface area contributed by atoms with Gasteiger partial charge in [-0.25, -0.2) is 0 Å². The average molecular weight is 360 g/mol. The maximum atomic E-state index is 5.77. The molecule has 0 saturated carbocycles. The third-order valence-electron chi connectivity index (χ3n) is 4.54. The van der Waals surface area contributed by atoms with E-state index in [2.05, 4.69) is 22.3 Å². The van der Waals surface area contributed by atoms with E-state index in [1.165, 1.54) is 0 Å². The second kappa shape index (κ2) is 7.09. The summed E-state index contributed by atoms with van der Waals surface area (Å²) in [6.45, 7) is 0.514. The molecule has 0 radical (unpaired) electrons. The van der Waals surface area contributed by atoms with Gasteiger partial charge in [0.15, 0.2) is 23.0 Å². The molecule has 0 fully saturated rings. The molecular weight excluding hydrogens is 340 g/mol. The average Bonchev–Trinajstić information content (AvgIpc) is 3.16. The largest absolute Gasteiger partial charge is 0.493 e. The summed E-state index contributed by atoms with van der Waals surface area (Å²) >= 11 is 0. The van der Waals surface area contributed by atoms with E-state index in [0.29, 0.717) is 18.0 Å². The molecule has 2 aromatic carbocycles. The van der Waals surface area contributed by atoms with Gasteiger partial charge in [0.05, 0.1) is 14.2 Å². The molecule has 4 aromatic rings. The molecule has 0 saturated heterocycles. The third-order valence-corrected chi connectivity index (χ3v) is 4.54. The lowest BCUT2D eigenvalue weighted by atomic mass is 10.0. The van der Waals surface area contributed by atoms with Gasteiger partial charge in [-0.15, -0.1) is 10.2 Å². The van der Waals surface area contributed by atoms with Gasteiger partial charge < -0.3 is 15.2 Å². The van der Waals surface area contributed by atoms with Gasteiger partial charge in [0.2, 0.25) is 0 Å². The Morgan fingerprint density at radius 1 is 0.852 bits per heavy atom. The number of rotatable bonds is 5. The van der Waals surface area contributed by atoms with Crippen molar-refractivity contribution in [2.24, 2.45) is 5.73 Å². The minimum atomic E-state index is 0.514. The van der Waals surface area contributed by atoms with Gasteiger partial charge in [-0.05, 0) is 53.1 Å². The van der Waals surface area contributed by atoms with E-state index in [1.807, 2.05) is 53.1 Å². The van der Waals surface area contributed by atoms with Gasteiger partial charge in [-0.2, -0.15) is 0 Å². The van der Waals surface area contributed by atoms with Crippen LogP contribution in [0.1, 0.15) is 5.56 Å². The number of methoxy groups -OCH3 is 2. The number of ether oxygens (including phenoxy) is 2. The number of nitrogens with two attached hydrogens (primary N) is 1. The summed E-state index contributed by atoms with van der Waals surface area (Å²) in [7, 11) is 3.23. The Morgan fingerprint density at radius 3 is 2.44 bits per heavy atom. The van der Waals surface area contributed by atoms with E-state index >= 15 is 0 Å². The van der Waals surface area contributed by atoms with E-state index in [4.69, 9.17) is 15.2 Å². The number of hydrogen-bond donors (Lipinski definition) is 1. The Kier molecular flexibility index (Phi) is 4.48. The summed E-state index contributed by atoms with van der Waals surface area (Å²) < 4.78 is 12.7. The SMILES string of the molecule is COc1ccc(-c2nnc3ccc(-c4cccc(CN)c4)cn23)cc1OC. The topological polar surface area (TPSA) is 74.7 Å². The maximum Gasteiger partial charge on any atom is 0.168 e. The van der Waals surface area contributed by atoms with Crippen molar-refractivity contribution in [2.45, 2.75) is 6.54 Å². The number of fused-ring (bicyclic) bond motifs is 1. The Morgan fingerprint density at radius 2 is 1.67 bits per heavy atom. The fourth-order valence-corrected chi connectivity index (χ4v) is 3.11. The van der Waals surface area contributed by atoms with Gasteiger partial charge >= 0.3 is 0 Å².